The van der Waals surface area contributed by atoms with Gasteiger partial charge in [-0.3, -0.25) is 4.79 Å². The van der Waals surface area contributed by atoms with Crippen LogP contribution in [-0.2, 0) is 6.54 Å². The van der Waals surface area contributed by atoms with Crippen LogP contribution >= 0.6 is 11.6 Å². The van der Waals surface area contributed by atoms with E-state index in [-0.39, 0.29) is 11.1 Å². The van der Waals surface area contributed by atoms with Gasteiger partial charge >= 0.3 is 0 Å². The summed E-state index contributed by atoms with van der Waals surface area (Å²) in [4.78, 5) is 12.7. The molecular weight excluding hydrogens is 336 g/mol. The average molecular weight is 351 g/mol. The molecule has 3 rings (SSSR count). The van der Waals surface area contributed by atoms with Gasteiger partial charge in [-0.2, -0.15) is 5.26 Å². The van der Waals surface area contributed by atoms with Gasteiger partial charge in [0.2, 0.25) is 0 Å². The normalized spacial score (nSPS) is 10.3. The highest BCUT2D eigenvalue weighted by atomic mass is 35.5. The third kappa shape index (κ3) is 3.57. The highest BCUT2D eigenvalue weighted by molar-refractivity contribution is 6.30. The van der Waals surface area contributed by atoms with Gasteiger partial charge in [-0.05, 0) is 47.5 Å². The Balaban J connectivity index is 2.10. The van der Waals surface area contributed by atoms with Crippen LogP contribution in [0.2, 0.25) is 5.02 Å². The van der Waals surface area contributed by atoms with Gasteiger partial charge in [0, 0.05) is 5.02 Å². The number of hydrogen-bond donors (Lipinski definition) is 0. The standard InChI is InChI=1S/C20H15ClN2O2/c1-25-18-9-2-14(3-10-18)13-23-19(11-6-16(12-22)20(23)24)15-4-7-17(21)8-5-15/h2-11H,13H2,1H3. The van der Waals surface area contributed by atoms with Gasteiger partial charge in [-0.1, -0.05) is 35.9 Å². The number of nitriles is 1. The molecule has 5 heteroatoms. The Bertz CT molecular complexity index is 984. The zero-order chi connectivity index (χ0) is 17.8. The van der Waals surface area contributed by atoms with Crippen molar-refractivity contribution in [3.63, 3.8) is 0 Å². The lowest BCUT2D eigenvalue weighted by Gasteiger charge is -2.14. The summed E-state index contributed by atoms with van der Waals surface area (Å²) >= 11 is 5.95. The molecule has 0 amide bonds. The number of aromatic nitrogens is 1. The first-order chi connectivity index (χ1) is 12.1. The third-order valence-electron chi connectivity index (χ3n) is 3.93. The summed E-state index contributed by atoms with van der Waals surface area (Å²) in [5, 5.41) is 9.80. The van der Waals surface area contributed by atoms with Crippen molar-refractivity contribution in [1.82, 2.24) is 4.57 Å². The Hall–Kier alpha value is -3.03. The molecule has 25 heavy (non-hydrogen) atoms. The maximum absolute atomic E-state index is 12.7. The monoisotopic (exact) mass is 350 g/mol. The molecule has 0 bridgehead atoms. The van der Waals surface area contributed by atoms with E-state index in [0.717, 1.165) is 22.6 Å². The smallest absolute Gasteiger partial charge is 0.269 e. The Kier molecular flexibility index (Phi) is 4.87. The summed E-state index contributed by atoms with van der Waals surface area (Å²) in [5.41, 5.74) is 2.33. The lowest BCUT2D eigenvalue weighted by atomic mass is 10.1. The van der Waals surface area contributed by atoms with Crippen LogP contribution in [0.25, 0.3) is 11.3 Å². The maximum atomic E-state index is 12.7. The molecular formula is C20H15ClN2O2. The fraction of sp³-hybridized carbons (Fsp3) is 0.100. The van der Waals surface area contributed by atoms with Crippen LogP contribution in [-0.4, -0.2) is 11.7 Å². The van der Waals surface area contributed by atoms with E-state index in [0.29, 0.717) is 11.6 Å². The van der Waals surface area contributed by atoms with Crippen molar-refractivity contribution >= 4 is 11.6 Å². The fourth-order valence-corrected chi connectivity index (χ4v) is 2.73. The summed E-state index contributed by atoms with van der Waals surface area (Å²) in [7, 11) is 1.61. The van der Waals surface area contributed by atoms with Crippen molar-refractivity contribution in [2.45, 2.75) is 6.54 Å². The zero-order valence-corrected chi connectivity index (χ0v) is 14.3. The van der Waals surface area contributed by atoms with Crippen LogP contribution in [0.5, 0.6) is 5.75 Å². The molecule has 0 N–H and O–H groups in total. The van der Waals surface area contributed by atoms with E-state index in [2.05, 4.69) is 0 Å². The predicted octanol–water partition coefficient (Wildman–Crippen LogP) is 4.10. The van der Waals surface area contributed by atoms with Crippen molar-refractivity contribution in [3.05, 3.63) is 87.2 Å². The minimum absolute atomic E-state index is 0.117. The first-order valence-electron chi connectivity index (χ1n) is 7.65. The van der Waals surface area contributed by atoms with E-state index in [1.165, 1.54) is 0 Å². The molecule has 0 aliphatic heterocycles. The second-order valence-electron chi connectivity index (χ2n) is 5.49. The van der Waals surface area contributed by atoms with Crippen molar-refractivity contribution in [3.8, 4) is 23.1 Å². The van der Waals surface area contributed by atoms with Crippen molar-refractivity contribution in [1.29, 1.82) is 5.26 Å². The van der Waals surface area contributed by atoms with Crippen molar-refractivity contribution in [2.24, 2.45) is 0 Å². The van der Waals surface area contributed by atoms with Crippen molar-refractivity contribution in [2.75, 3.05) is 7.11 Å². The maximum Gasteiger partial charge on any atom is 0.269 e. The molecule has 0 saturated carbocycles. The number of rotatable bonds is 4. The Morgan fingerprint density at radius 1 is 1.04 bits per heavy atom. The number of halogens is 1. The van der Waals surface area contributed by atoms with E-state index < -0.39 is 0 Å². The fourth-order valence-electron chi connectivity index (χ4n) is 2.61. The molecule has 2 aromatic carbocycles. The van der Waals surface area contributed by atoms with Crippen LogP contribution in [0.1, 0.15) is 11.1 Å². The van der Waals surface area contributed by atoms with Crippen LogP contribution in [0.15, 0.2) is 65.5 Å². The number of nitrogens with zero attached hydrogens (tertiary/aromatic N) is 2. The van der Waals surface area contributed by atoms with Crippen LogP contribution in [0.4, 0.5) is 0 Å². The van der Waals surface area contributed by atoms with Crippen LogP contribution in [0, 0.1) is 11.3 Å². The van der Waals surface area contributed by atoms with Gasteiger partial charge < -0.3 is 9.30 Å². The highest BCUT2D eigenvalue weighted by Crippen LogP contribution is 2.22. The van der Waals surface area contributed by atoms with E-state index >= 15 is 0 Å². The molecule has 4 nitrogen and oxygen atoms in total. The second-order valence-corrected chi connectivity index (χ2v) is 5.93. The molecule has 124 valence electrons. The van der Waals surface area contributed by atoms with Gasteiger partial charge in [-0.25, -0.2) is 0 Å². The first-order valence-corrected chi connectivity index (χ1v) is 8.03. The molecule has 0 radical (unpaired) electrons. The summed E-state index contributed by atoms with van der Waals surface area (Å²) < 4.78 is 6.76. The van der Waals surface area contributed by atoms with Gasteiger partial charge in [0.1, 0.15) is 17.4 Å². The molecule has 0 atom stereocenters. The topological polar surface area (TPSA) is 55.0 Å². The lowest BCUT2D eigenvalue weighted by Crippen LogP contribution is -2.24. The van der Waals surface area contributed by atoms with Gasteiger partial charge in [0.15, 0.2) is 0 Å². The lowest BCUT2D eigenvalue weighted by molar-refractivity contribution is 0.414. The zero-order valence-electron chi connectivity index (χ0n) is 13.6. The molecule has 0 aliphatic carbocycles. The Morgan fingerprint density at radius 3 is 2.32 bits per heavy atom. The molecule has 1 heterocycles. The number of benzene rings is 2. The Morgan fingerprint density at radius 2 is 1.72 bits per heavy atom. The molecule has 0 spiro atoms. The van der Waals surface area contributed by atoms with E-state index in [4.69, 9.17) is 16.3 Å². The SMILES string of the molecule is COc1ccc(Cn2c(-c3ccc(Cl)cc3)ccc(C#N)c2=O)cc1. The minimum atomic E-state index is -0.314. The predicted molar refractivity (Wildman–Crippen MR) is 98.0 cm³/mol. The molecule has 1 aromatic heterocycles. The molecule has 0 unspecified atom stereocenters. The summed E-state index contributed by atoms with van der Waals surface area (Å²) in [6.07, 6.45) is 0. The summed E-state index contributed by atoms with van der Waals surface area (Å²) in [6.45, 7) is 0.357. The number of hydrogen-bond acceptors (Lipinski definition) is 3. The molecule has 0 fully saturated rings. The summed E-state index contributed by atoms with van der Waals surface area (Å²) in [6, 6.07) is 20.0. The van der Waals surface area contributed by atoms with Crippen molar-refractivity contribution < 1.29 is 4.74 Å². The average Bonchev–Trinajstić information content (AvgIpc) is 2.65. The van der Waals surface area contributed by atoms with Gasteiger partial charge in [0.25, 0.3) is 5.56 Å². The molecule has 0 saturated heterocycles. The number of ether oxygens (including phenoxy) is 1. The van der Waals surface area contributed by atoms with Gasteiger partial charge in [0.05, 0.1) is 19.3 Å². The Labute approximate surface area is 150 Å². The van der Waals surface area contributed by atoms with E-state index in [1.807, 2.05) is 42.5 Å². The molecule has 0 aliphatic rings. The highest BCUT2D eigenvalue weighted by Gasteiger charge is 2.11. The first kappa shape index (κ1) is 16.8. The van der Waals surface area contributed by atoms with Crippen LogP contribution in [0.3, 0.4) is 0 Å². The molecule has 3 aromatic rings. The minimum Gasteiger partial charge on any atom is -0.497 e. The van der Waals surface area contributed by atoms with Crippen LogP contribution < -0.4 is 10.3 Å². The van der Waals surface area contributed by atoms with E-state index in [1.54, 1.807) is 35.9 Å². The summed E-state index contributed by atoms with van der Waals surface area (Å²) in [5.74, 6) is 0.750. The number of pyridine rings is 1. The second kappa shape index (κ2) is 7.25. The number of methoxy groups -OCH3 is 1. The van der Waals surface area contributed by atoms with Gasteiger partial charge in [-0.15, -0.1) is 0 Å². The van der Waals surface area contributed by atoms with E-state index in [9.17, 15) is 10.1 Å². The third-order valence-corrected chi connectivity index (χ3v) is 4.19. The largest absolute Gasteiger partial charge is 0.497 e. The quantitative estimate of drug-likeness (QED) is 0.712.